The standard InChI is InChI=1S/C13H17NO/c1-10(8-9-11(2)13(14)15)12-6-4-3-5-7-12/h3-7,10H,2,8-9H2,1H3,(H2,14,15). The van der Waals surface area contributed by atoms with Gasteiger partial charge in [0.25, 0.3) is 0 Å². The lowest BCUT2D eigenvalue weighted by molar-refractivity contribution is -0.114. The van der Waals surface area contributed by atoms with Crippen molar-refractivity contribution >= 4 is 5.91 Å². The maximum atomic E-state index is 10.8. The van der Waals surface area contributed by atoms with Crippen LogP contribution >= 0.6 is 0 Å². The molecule has 1 atom stereocenters. The highest BCUT2D eigenvalue weighted by Gasteiger charge is 2.07. The van der Waals surface area contributed by atoms with Crippen molar-refractivity contribution in [3.8, 4) is 0 Å². The second-order valence-electron chi connectivity index (χ2n) is 3.82. The number of rotatable bonds is 5. The first-order valence-electron chi connectivity index (χ1n) is 5.13. The molecular weight excluding hydrogens is 186 g/mol. The van der Waals surface area contributed by atoms with Crippen molar-refractivity contribution in [2.24, 2.45) is 5.73 Å². The molecule has 0 radical (unpaired) electrons. The van der Waals surface area contributed by atoms with Crippen LogP contribution in [0.15, 0.2) is 42.5 Å². The van der Waals surface area contributed by atoms with E-state index in [1.54, 1.807) is 0 Å². The first-order valence-corrected chi connectivity index (χ1v) is 5.13. The highest BCUT2D eigenvalue weighted by Crippen LogP contribution is 2.21. The van der Waals surface area contributed by atoms with Crippen LogP contribution in [0.1, 0.15) is 31.2 Å². The fourth-order valence-electron chi connectivity index (χ4n) is 1.46. The number of carbonyl (C=O) groups is 1. The van der Waals surface area contributed by atoms with Crippen molar-refractivity contribution in [2.45, 2.75) is 25.7 Å². The topological polar surface area (TPSA) is 43.1 Å². The van der Waals surface area contributed by atoms with E-state index in [2.05, 4.69) is 25.6 Å². The molecule has 2 N–H and O–H groups in total. The largest absolute Gasteiger partial charge is 0.366 e. The van der Waals surface area contributed by atoms with Crippen molar-refractivity contribution in [1.29, 1.82) is 0 Å². The van der Waals surface area contributed by atoms with E-state index in [0.29, 0.717) is 17.9 Å². The summed E-state index contributed by atoms with van der Waals surface area (Å²) in [6.07, 6.45) is 1.58. The highest BCUT2D eigenvalue weighted by molar-refractivity contribution is 5.91. The maximum Gasteiger partial charge on any atom is 0.244 e. The molecule has 2 heteroatoms. The minimum Gasteiger partial charge on any atom is -0.366 e. The summed E-state index contributed by atoms with van der Waals surface area (Å²) in [7, 11) is 0. The van der Waals surface area contributed by atoms with Gasteiger partial charge in [-0.3, -0.25) is 4.79 Å². The third-order valence-electron chi connectivity index (χ3n) is 2.60. The van der Waals surface area contributed by atoms with Crippen molar-refractivity contribution in [2.75, 3.05) is 0 Å². The molecule has 1 unspecified atom stereocenters. The molecule has 1 aromatic carbocycles. The van der Waals surface area contributed by atoms with Crippen LogP contribution < -0.4 is 5.73 Å². The van der Waals surface area contributed by atoms with E-state index >= 15 is 0 Å². The number of nitrogens with two attached hydrogens (primary N) is 1. The van der Waals surface area contributed by atoms with Crippen LogP contribution in [0, 0.1) is 0 Å². The van der Waals surface area contributed by atoms with Crippen LogP contribution in [0.25, 0.3) is 0 Å². The summed E-state index contributed by atoms with van der Waals surface area (Å²) in [5, 5.41) is 0. The van der Waals surface area contributed by atoms with E-state index in [-0.39, 0.29) is 0 Å². The summed E-state index contributed by atoms with van der Waals surface area (Å²) >= 11 is 0. The van der Waals surface area contributed by atoms with Gasteiger partial charge in [0.1, 0.15) is 0 Å². The van der Waals surface area contributed by atoms with E-state index in [9.17, 15) is 4.79 Å². The normalized spacial score (nSPS) is 12.1. The van der Waals surface area contributed by atoms with Gasteiger partial charge in [0, 0.05) is 5.57 Å². The number of amides is 1. The predicted molar refractivity (Wildman–Crippen MR) is 62.4 cm³/mol. The number of carbonyl (C=O) groups excluding carboxylic acids is 1. The van der Waals surface area contributed by atoms with E-state index in [1.165, 1.54) is 5.56 Å². The van der Waals surface area contributed by atoms with Crippen LogP contribution in [-0.4, -0.2) is 5.91 Å². The Labute approximate surface area is 90.8 Å². The third kappa shape index (κ3) is 3.58. The molecule has 15 heavy (non-hydrogen) atoms. The Hall–Kier alpha value is -1.57. The summed E-state index contributed by atoms with van der Waals surface area (Å²) in [5.74, 6) is 0.0394. The summed E-state index contributed by atoms with van der Waals surface area (Å²) in [5.41, 5.74) is 6.92. The van der Waals surface area contributed by atoms with Gasteiger partial charge in [0.05, 0.1) is 0 Å². The molecule has 80 valence electrons. The first-order chi connectivity index (χ1) is 7.11. The quantitative estimate of drug-likeness (QED) is 0.734. The number of hydrogen-bond acceptors (Lipinski definition) is 1. The molecule has 0 fully saturated rings. The molecule has 1 aromatic rings. The van der Waals surface area contributed by atoms with Crippen LogP contribution in [-0.2, 0) is 4.79 Å². The zero-order valence-electron chi connectivity index (χ0n) is 9.07. The smallest absolute Gasteiger partial charge is 0.244 e. The van der Waals surface area contributed by atoms with Gasteiger partial charge in [-0.25, -0.2) is 0 Å². The van der Waals surface area contributed by atoms with Crippen molar-refractivity contribution < 1.29 is 4.79 Å². The van der Waals surface area contributed by atoms with Gasteiger partial charge in [-0.15, -0.1) is 0 Å². The third-order valence-corrected chi connectivity index (χ3v) is 2.60. The summed E-state index contributed by atoms with van der Waals surface area (Å²) in [4.78, 5) is 10.8. The Morgan fingerprint density at radius 1 is 1.40 bits per heavy atom. The van der Waals surface area contributed by atoms with Crippen molar-refractivity contribution in [3.63, 3.8) is 0 Å². The Bertz CT molecular complexity index is 343. The van der Waals surface area contributed by atoms with Crippen LogP contribution in [0.5, 0.6) is 0 Å². The number of hydrogen-bond donors (Lipinski definition) is 1. The van der Waals surface area contributed by atoms with Crippen molar-refractivity contribution in [3.05, 3.63) is 48.0 Å². The molecule has 1 rings (SSSR count). The summed E-state index contributed by atoms with van der Waals surface area (Å²) in [6, 6.07) is 10.2. The predicted octanol–water partition coefficient (Wildman–Crippen LogP) is 2.61. The summed E-state index contributed by atoms with van der Waals surface area (Å²) in [6.45, 7) is 5.79. The summed E-state index contributed by atoms with van der Waals surface area (Å²) < 4.78 is 0. The fourth-order valence-corrected chi connectivity index (χ4v) is 1.46. The molecule has 0 aliphatic carbocycles. The fraction of sp³-hybridized carbons (Fsp3) is 0.308. The maximum absolute atomic E-state index is 10.8. The molecule has 0 saturated carbocycles. The van der Waals surface area contributed by atoms with E-state index < -0.39 is 5.91 Å². The monoisotopic (exact) mass is 203 g/mol. The molecule has 1 amide bonds. The van der Waals surface area contributed by atoms with Gasteiger partial charge < -0.3 is 5.73 Å². The molecule has 2 nitrogen and oxygen atoms in total. The average Bonchev–Trinajstić information content (AvgIpc) is 2.26. The average molecular weight is 203 g/mol. The Morgan fingerprint density at radius 3 is 2.53 bits per heavy atom. The molecule has 0 aliphatic heterocycles. The van der Waals surface area contributed by atoms with E-state index in [4.69, 9.17) is 5.73 Å². The molecule has 0 aliphatic rings. The van der Waals surface area contributed by atoms with Gasteiger partial charge in [-0.2, -0.15) is 0 Å². The Kier molecular flexibility index (Phi) is 4.10. The van der Waals surface area contributed by atoms with Gasteiger partial charge in [0.15, 0.2) is 0 Å². The molecule has 0 bridgehead atoms. The minimum atomic E-state index is -0.393. The highest BCUT2D eigenvalue weighted by atomic mass is 16.1. The number of benzene rings is 1. The first kappa shape index (κ1) is 11.5. The minimum absolute atomic E-state index is 0.393. The lowest BCUT2D eigenvalue weighted by Gasteiger charge is -2.11. The number of primary amides is 1. The lowest BCUT2D eigenvalue weighted by Crippen LogP contribution is -2.13. The van der Waals surface area contributed by atoms with Gasteiger partial charge in [-0.05, 0) is 24.3 Å². The molecule has 0 aromatic heterocycles. The Balaban J connectivity index is 2.47. The second kappa shape index (κ2) is 5.35. The molecular formula is C13H17NO. The van der Waals surface area contributed by atoms with Crippen molar-refractivity contribution in [1.82, 2.24) is 0 Å². The zero-order chi connectivity index (χ0) is 11.3. The second-order valence-corrected chi connectivity index (χ2v) is 3.82. The molecule has 0 spiro atoms. The van der Waals surface area contributed by atoms with Gasteiger partial charge in [-0.1, -0.05) is 43.8 Å². The Morgan fingerprint density at radius 2 is 2.00 bits per heavy atom. The van der Waals surface area contributed by atoms with Crippen LogP contribution in [0.2, 0.25) is 0 Å². The lowest BCUT2D eigenvalue weighted by atomic mass is 9.94. The molecule has 0 saturated heterocycles. The van der Waals surface area contributed by atoms with Crippen LogP contribution in [0.4, 0.5) is 0 Å². The van der Waals surface area contributed by atoms with Crippen LogP contribution in [0.3, 0.4) is 0 Å². The SMILES string of the molecule is C=C(CCC(C)c1ccccc1)C(N)=O. The van der Waals surface area contributed by atoms with Gasteiger partial charge in [0.2, 0.25) is 5.91 Å². The van der Waals surface area contributed by atoms with E-state index in [1.807, 2.05) is 18.2 Å². The van der Waals surface area contributed by atoms with E-state index in [0.717, 1.165) is 6.42 Å². The molecule has 0 heterocycles. The van der Waals surface area contributed by atoms with Gasteiger partial charge >= 0.3 is 0 Å². The zero-order valence-corrected chi connectivity index (χ0v) is 9.07.